The average molecular weight is 402 g/mol. The van der Waals surface area contributed by atoms with Crippen molar-refractivity contribution in [2.75, 3.05) is 13.2 Å². The third kappa shape index (κ3) is 4.08. The second kappa shape index (κ2) is 7.75. The summed E-state index contributed by atoms with van der Waals surface area (Å²) in [5.41, 5.74) is 0. The van der Waals surface area contributed by atoms with E-state index in [0.29, 0.717) is 0 Å². The highest BCUT2D eigenvalue weighted by atomic mass is 35.5. The summed E-state index contributed by atoms with van der Waals surface area (Å²) < 4.78 is 27.4. The number of benzene rings is 1. The van der Waals surface area contributed by atoms with Gasteiger partial charge in [-0.25, -0.2) is 4.57 Å². The normalized spacial score (nSPS) is 11.8. The summed E-state index contributed by atoms with van der Waals surface area (Å²) in [6.07, 6.45) is 0. The predicted octanol–water partition coefficient (Wildman–Crippen LogP) is 6.51. The molecule has 0 unspecified atom stereocenters. The molecule has 0 bridgehead atoms. The molecule has 114 valence electrons. The summed E-state index contributed by atoms with van der Waals surface area (Å²) in [4.78, 5) is 0. The van der Waals surface area contributed by atoms with Gasteiger partial charge in [0.2, 0.25) is 0 Å². The van der Waals surface area contributed by atoms with Gasteiger partial charge in [0, 0.05) is 0 Å². The number of phosphoric acid groups is 1. The second-order valence-corrected chi connectivity index (χ2v) is 6.76. The van der Waals surface area contributed by atoms with Crippen LogP contribution in [0, 0.1) is 0 Å². The van der Waals surface area contributed by atoms with E-state index >= 15 is 0 Å². The largest absolute Gasteiger partial charge is 0.530 e. The molecular weight excluding hydrogens is 392 g/mol. The van der Waals surface area contributed by atoms with Gasteiger partial charge in [-0.15, -0.1) is 0 Å². The lowest BCUT2D eigenvalue weighted by Crippen LogP contribution is -2.03. The molecule has 0 aliphatic carbocycles. The van der Waals surface area contributed by atoms with Gasteiger partial charge in [-0.2, -0.15) is 0 Å². The van der Waals surface area contributed by atoms with Crippen molar-refractivity contribution in [3.05, 3.63) is 25.1 Å². The molecular formula is C10H10Cl5O4P. The van der Waals surface area contributed by atoms with E-state index in [4.69, 9.17) is 71.6 Å². The van der Waals surface area contributed by atoms with Crippen LogP contribution >= 0.6 is 65.8 Å². The van der Waals surface area contributed by atoms with Crippen molar-refractivity contribution in [3.8, 4) is 5.75 Å². The van der Waals surface area contributed by atoms with Gasteiger partial charge in [0.25, 0.3) is 0 Å². The molecule has 10 heteroatoms. The van der Waals surface area contributed by atoms with Crippen LogP contribution in [-0.4, -0.2) is 13.2 Å². The summed E-state index contributed by atoms with van der Waals surface area (Å²) in [6, 6.07) is 0. The molecule has 4 nitrogen and oxygen atoms in total. The Morgan fingerprint density at radius 3 is 1.50 bits per heavy atom. The average Bonchev–Trinajstić information content (AvgIpc) is 2.40. The highest BCUT2D eigenvalue weighted by Crippen LogP contribution is 2.56. The molecule has 0 heterocycles. The number of hydrogen-bond donors (Lipinski definition) is 0. The maximum absolute atomic E-state index is 12.3. The lowest BCUT2D eigenvalue weighted by molar-refractivity contribution is 0.167. The fraction of sp³-hybridized carbons (Fsp3) is 0.400. The first-order valence-corrected chi connectivity index (χ1v) is 8.72. The molecule has 0 N–H and O–H groups in total. The number of hydrogen-bond acceptors (Lipinski definition) is 4. The van der Waals surface area contributed by atoms with Crippen LogP contribution in [0.1, 0.15) is 13.8 Å². The van der Waals surface area contributed by atoms with Crippen molar-refractivity contribution >= 4 is 65.8 Å². The first-order chi connectivity index (χ1) is 9.27. The SMILES string of the molecule is CCOP(=O)(OCC)Oc1c(Cl)c(Cl)c(Cl)c(Cl)c1Cl. The topological polar surface area (TPSA) is 44.8 Å². The highest BCUT2D eigenvalue weighted by molar-refractivity contribution is 7.49. The Bertz CT molecular complexity index is 512. The maximum atomic E-state index is 12.3. The minimum atomic E-state index is -3.88. The molecule has 20 heavy (non-hydrogen) atoms. The lowest BCUT2D eigenvalue weighted by atomic mass is 10.3. The van der Waals surface area contributed by atoms with Gasteiger partial charge in [-0.1, -0.05) is 58.0 Å². The molecule has 1 aromatic rings. The van der Waals surface area contributed by atoms with E-state index in [9.17, 15) is 4.57 Å². The Balaban J connectivity index is 3.30. The molecule has 0 fully saturated rings. The standard InChI is InChI=1S/C10H10Cl5O4P/c1-3-17-20(16,18-4-2)19-10-8(14)6(12)5(11)7(13)9(10)15/h3-4H2,1-2H3. The Labute approximate surface area is 141 Å². The molecule has 0 aliphatic heterocycles. The number of rotatable bonds is 6. The van der Waals surface area contributed by atoms with E-state index in [1.165, 1.54) is 0 Å². The monoisotopic (exact) mass is 400 g/mol. The van der Waals surface area contributed by atoms with Crippen molar-refractivity contribution < 1.29 is 18.1 Å². The zero-order valence-corrected chi connectivity index (χ0v) is 15.1. The van der Waals surface area contributed by atoms with Gasteiger partial charge in [-0.05, 0) is 13.8 Å². The van der Waals surface area contributed by atoms with Crippen LogP contribution in [0.2, 0.25) is 25.1 Å². The molecule has 0 saturated carbocycles. The first kappa shape index (κ1) is 18.7. The van der Waals surface area contributed by atoms with Crippen LogP contribution < -0.4 is 4.52 Å². The van der Waals surface area contributed by atoms with Crippen LogP contribution in [0.25, 0.3) is 0 Å². The Hall–Kier alpha value is 0.620. The van der Waals surface area contributed by atoms with Crippen LogP contribution in [0.3, 0.4) is 0 Å². The molecule has 1 rings (SSSR count). The predicted molar refractivity (Wildman–Crippen MR) is 83.0 cm³/mol. The summed E-state index contributed by atoms with van der Waals surface area (Å²) in [5.74, 6) is -0.210. The van der Waals surface area contributed by atoms with Crippen LogP contribution in [0.15, 0.2) is 0 Å². The van der Waals surface area contributed by atoms with Crippen LogP contribution in [-0.2, 0) is 13.6 Å². The molecule has 0 aromatic heterocycles. The molecule has 0 atom stereocenters. The van der Waals surface area contributed by atoms with Crippen molar-refractivity contribution in [2.45, 2.75) is 13.8 Å². The Morgan fingerprint density at radius 1 is 0.800 bits per heavy atom. The smallest absolute Gasteiger partial charge is 0.401 e. The van der Waals surface area contributed by atoms with E-state index in [2.05, 4.69) is 0 Å². The van der Waals surface area contributed by atoms with Gasteiger partial charge in [-0.3, -0.25) is 9.05 Å². The van der Waals surface area contributed by atoms with E-state index in [1.54, 1.807) is 13.8 Å². The zero-order valence-electron chi connectivity index (χ0n) is 10.4. The van der Waals surface area contributed by atoms with Crippen LogP contribution in [0.4, 0.5) is 0 Å². The molecule has 0 aliphatic rings. The first-order valence-electron chi connectivity index (χ1n) is 5.37. The van der Waals surface area contributed by atoms with Gasteiger partial charge in [0.05, 0.1) is 28.3 Å². The highest BCUT2D eigenvalue weighted by Gasteiger charge is 2.32. The van der Waals surface area contributed by atoms with Gasteiger partial charge in [0.1, 0.15) is 10.0 Å². The molecule has 0 amide bonds. The third-order valence-corrected chi connectivity index (χ3v) is 5.74. The minimum Gasteiger partial charge on any atom is -0.401 e. The van der Waals surface area contributed by atoms with Gasteiger partial charge >= 0.3 is 7.82 Å². The molecule has 0 saturated heterocycles. The summed E-state index contributed by atoms with van der Waals surface area (Å²) in [5, 5.41) is -0.440. The Kier molecular flexibility index (Phi) is 7.24. The van der Waals surface area contributed by atoms with Gasteiger partial charge < -0.3 is 4.52 Å². The van der Waals surface area contributed by atoms with E-state index in [1.807, 2.05) is 0 Å². The molecule has 0 radical (unpaired) electrons. The third-order valence-electron chi connectivity index (χ3n) is 1.95. The molecule has 0 spiro atoms. The second-order valence-electron chi connectivity index (χ2n) is 3.27. The fourth-order valence-electron chi connectivity index (χ4n) is 1.18. The van der Waals surface area contributed by atoms with E-state index < -0.39 is 7.82 Å². The number of halogens is 5. The summed E-state index contributed by atoms with van der Waals surface area (Å²) in [6.45, 7) is 3.45. The molecule has 1 aromatic carbocycles. The Morgan fingerprint density at radius 2 is 1.15 bits per heavy atom. The van der Waals surface area contributed by atoms with Crippen LogP contribution in [0.5, 0.6) is 5.75 Å². The van der Waals surface area contributed by atoms with Crippen molar-refractivity contribution in [1.82, 2.24) is 0 Å². The minimum absolute atomic E-state index is 0.0293. The van der Waals surface area contributed by atoms with E-state index in [0.717, 1.165) is 0 Å². The maximum Gasteiger partial charge on any atom is 0.530 e. The summed E-state index contributed by atoms with van der Waals surface area (Å²) in [7, 11) is -3.88. The van der Waals surface area contributed by atoms with E-state index in [-0.39, 0.29) is 44.1 Å². The zero-order chi connectivity index (χ0) is 15.5. The number of phosphoric ester groups is 1. The fourth-order valence-corrected chi connectivity index (χ4v) is 3.71. The van der Waals surface area contributed by atoms with Crippen molar-refractivity contribution in [1.29, 1.82) is 0 Å². The quantitative estimate of drug-likeness (QED) is 0.309. The lowest BCUT2D eigenvalue weighted by Gasteiger charge is -2.19. The van der Waals surface area contributed by atoms with Gasteiger partial charge in [0.15, 0.2) is 5.75 Å². The van der Waals surface area contributed by atoms with Crippen molar-refractivity contribution in [3.63, 3.8) is 0 Å². The van der Waals surface area contributed by atoms with Crippen molar-refractivity contribution in [2.24, 2.45) is 0 Å². The summed E-state index contributed by atoms with van der Waals surface area (Å²) >= 11 is 29.5.